The predicted octanol–water partition coefficient (Wildman–Crippen LogP) is 2.22. The lowest BCUT2D eigenvalue weighted by atomic mass is 9.95. The third kappa shape index (κ3) is 4.40. The largest absolute Gasteiger partial charge is 0.349 e. The first kappa shape index (κ1) is 17.9. The Morgan fingerprint density at radius 1 is 1.00 bits per heavy atom. The van der Waals surface area contributed by atoms with E-state index in [0.717, 1.165) is 64.0 Å². The van der Waals surface area contributed by atoms with Crippen molar-refractivity contribution in [2.45, 2.75) is 32.2 Å². The molecule has 5 heteroatoms. The number of rotatable bonds is 4. The Kier molecular flexibility index (Phi) is 5.74. The summed E-state index contributed by atoms with van der Waals surface area (Å²) in [4.78, 5) is 30.5. The van der Waals surface area contributed by atoms with Gasteiger partial charge in [-0.3, -0.25) is 14.5 Å². The fourth-order valence-corrected chi connectivity index (χ4v) is 3.82. The van der Waals surface area contributed by atoms with Gasteiger partial charge in [0.05, 0.1) is 0 Å². The molecule has 2 heterocycles. The molecule has 2 aliphatic heterocycles. The summed E-state index contributed by atoms with van der Waals surface area (Å²) in [5, 5.41) is 0. The number of likely N-dealkylation sites (tertiary alicyclic amines) is 2. The number of benzene rings is 1. The van der Waals surface area contributed by atoms with Crippen LogP contribution in [0.3, 0.4) is 0 Å². The molecule has 0 spiro atoms. The Morgan fingerprint density at radius 3 is 2.16 bits per heavy atom. The van der Waals surface area contributed by atoms with Crippen molar-refractivity contribution >= 4 is 11.8 Å². The van der Waals surface area contributed by atoms with Crippen LogP contribution in [0.1, 0.15) is 41.6 Å². The molecule has 2 saturated heterocycles. The maximum absolute atomic E-state index is 12.4. The number of nitrogens with zero attached hydrogens (tertiary/aromatic N) is 3. The summed E-state index contributed by atoms with van der Waals surface area (Å²) in [5.74, 6) is 0.586. The first-order chi connectivity index (χ1) is 12.0. The molecule has 0 aliphatic carbocycles. The van der Waals surface area contributed by atoms with E-state index in [-0.39, 0.29) is 17.7 Å². The topological polar surface area (TPSA) is 43.9 Å². The molecule has 3 rings (SSSR count). The zero-order chi connectivity index (χ0) is 17.8. The molecule has 0 bridgehead atoms. The highest BCUT2D eigenvalue weighted by Crippen LogP contribution is 2.21. The monoisotopic (exact) mass is 343 g/mol. The highest BCUT2D eigenvalue weighted by Gasteiger charge is 2.26. The van der Waals surface area contributed by atoms with Crippen LogP contribution in [-0.4, -0.2) is 66.8 Å². The van der Waals surface area contributed by atoms with E-state index in [2.05, 4.69) is 17.0 Å². The van der Waals surface area contributed by atoms with E-state index in [1.54, 1.807) is 4.90 Å². The molecule has 0 unspecified atom stereocenters. The molecule has 1 aromatic rings. The van der Waals surface area contributed by atoms with E-state index in [4.69, 9.17) is 0 Å². The Balaban J connectivity index is 1.51. The quantitative estimate of drug-likeness (QED) is 0.842. The Bertz CT molecular complexity index is 598. The van der Waals surface area contributed by atoms with E-state index in [9.17, 15) is 9.59 Å². The Hall–Kier alpha value is -1.88. The second-order valence-corrected chi connectivity index (χ2v) is 7.48. The molecular weight excluding hydrogens is 314 g/mol. The molecule has 2 amide bonds. The van der Waals surface area contributed by atoms with Crippen LogP contribution in [0.2, 0.25) is 0 Å². The average molecular weight is 343 g/mol. The van der Waals surface area contributed by atoms with E-state index >= 15 is 0 Å². The molecule has 2 fully saturated rings. The molecule has 0 N–H and O–H groups in total. The number of piperidine rings is 1. The Morgan fingerprint density at radius 2 is 1.60 bits per heavy atom. The minimum atomic E-state index is 0.159. The lowest BCUT2D eigenvalue weighted by Crippen LogP contribution is -2.39. The molecule has 0 atom stereocenters. The number of hydrogen-bond donors (Lipinski definition) is 0. The highest BCUT2D eigenvalue weighted by atomic mass is 16.2. The van der Waals surface area contributed by atoms with Crippen LogP contribution in [0.5, 0.6) is 0 Å². The molecule has 2 aliphatic rings. The van der Waals surface area contributed by atoms with Crippen molar-refractivity contribution in [1.29, 1.82) is 0 Å². The van der Waals surface area contributed by atoms with Crippen molar-refractivity contribution in [3.63, 3.8) is 0 Å². The summed E-state index contributed by atoms with van der Waals surface area (Å²) < 4.78 is 0. The van der Waals surface area contributed by atoms with E-state index in [0.29, 0.717) is 0 Å². The maximum Gasteiger partial charge on any atom is 0.253 e. The second kappa shape index (κ2) is 8.00. The van der Waals surface area contributed by atoms with E-state index in [1.807, 2.05) is 31.1 Å². The SMILES string of the molecule is CN(C)C(=O)C1CCN(Cc2ccc(C(=O)N3CCCC3)cc2)CC1. The summed E-state index contributed by atoms with van der Waals surface area (Å²) in [5.41, 5.74) is 2.02. The molecule has 136 valence electrons. The van der Waals surface area contributed by atoms with Gasteiger partial charge in [-0.05, 0) is 56.5 Å². The second-order valence-electron chi connectivity index (χ2n) is 7.48. The van der Waals surface area contributed by atoms with Gasteiger partial charge in [0.1, 0.15) is 0 Å². The van der Waals surface area contributed by atoms with Gasteiger partial charge in [0.2, 0.25) is 5.91 Å². The van der Waals surface area contributed by atoms with Crippen molar-refractivity contribution < 1.29 is 9.59 Å². The normalized spacial score (nSPS) is 19.2. The summed E-state index contributed by atoms with van der Waals surface area (Å²) in [7, 11) is 3.67. The number of amides is 2. The number of carbonyl (C=O) groups excluding carboxylic acids is 2. The summed E-state index contributed by atoms with van der Waals surface area (Å²) >= 11 is 0. The molecule has 1 aromatic carbocycles. The zero-order valence-electron chi connectivity index (χ0n) is 15.4. The lowest BCUT2D eigenvalue weighted by Gasteiger charge is -2.32. The van der Waals surface area contributed by atoms with Gasteiger partial charge in [-0.2, -0.15) is 0 Å². The van der Waals surface area contributed by atoms with Gasteiger partial charge >= 0.3 is 0 Å². The van der Waals surface area contributed by atoms with Crippen molar-refractivity contribution in [3.05, 3.63) is 35.4 Å². The van der Waals surface area contributed by atoms with Gasteiger partial charge in [-0.25, -0.2) is 0 Å². The maximum atomic E-state index is 12.4. The molecule has 25 heavy (non-hydrogen) atoms. The first-order valence-electron chi connectivity index (χ1n) is 9.36. The van der Waals surface area contributed by atoms with Crippen LogP contribution >= 0.6 is 0 Å². The van der Waals surface area contributed by atoms with Crippen LogP contribution in [0.25, 0.3) is 0 Å². The number of hydrogen-bond acceptors (Lipinski definition) is 3. The van der Waals surface area contributed by atoms with Gasteiger partial charge in [-0.1, -0.05) is 12.1 Å². The summed E-state index contributed by atoms with van der Waals surface area (Å²) in [6.07, 6.45) is 4.11. The Labute approximate surface area is 150 Å². The average Bonchev–Trinajstić information content (AvgIpc) is 3.16. The van der Waals surface area contributed by atoms with Crippen molar-refractivity contribution in [1.82, 2.24) is 14.7 Å². The minimum absolute atomic E-state index is 0.159. The molecular formula is C20H29N3O2. The first-order valence-corrected chi connectivity index (χ1v) is 9.36. The van der Waals surface area contributed by atoms with E-state index in [1.165, 1.54) is 5.56 Å². The van der Waals surface area contributed by atoms with Crippen LogP contribution < -0.4 is 0 Å². The van der Waals surface area contributed by atoms with Gasteiger partial charge in [0, 0.05) is 45.2 Å². The smallest absolute Gasteiger partial charge is 0.253 e. The zero-order valence-corrected chi connectivity index (χ0v) is 15.4. The lowest BCUT2D eigenvalue weighted by molar-refractivity contribution is -0.134. The standard InChI is InChI=1S/C20H29N3O2/c1-21(2)19(24)18-9-13-22(14-10-18)15-16-5-7-17(8-6-16)20(25)23-11-3-4-12-23/h5-8,18H,3-4,9-15H2,1-2H3. The van der Waals surface area contributed by atoms with Gasteiger partial charge < -0.3 is 9.80 Å². The fraction of sp³-hybridized carbons (Fsp3) is 0.600. The van der Waals surface area contributed by atoms with Crippen molar-refractivity contribution in [3.8, 4) is 0 Å². The van der Waals surface area contributed by atoms with Gasteiger partial charge in [0.25, 0.3) is 5.91 Å². The third-order valence-electron chi connectivity index (χ3n) is 5.38. The van der Waals surface area contributed by atoms with Crippen molar-refractivity contribution in [2.75, 3.05) is 40.3 Å². The van der Waals surface area contributed by atoms with Gasteiger partial charge in [0.15, 0.2) is 0 Å². The molecule has 0 aromatic heterocycles. The van der Waals surface area contributed by atoms with Crippen molar-refractivity contribution in [2.24, 2.45) is 5.92 Å². The minimum Gasteiger partial charge on any atom is -0.349 e. The number of carbonyl (C=O) groups is 2. The molecule has 5 nitrogen and oxygen atoms in total. The third-order valence-corrected chi connectivity index (χ3v) is 5.38. The van der Waals surface area contributed by atoms with Crippen LogP contribution in [0.4, 0.5) is 0 Å². The van der Waals surface area contributed by atoms with E-state index < -0.39 is 0 Å². The predicted molar refractivity (Wildman–Crippen MR) is 98.3 cm³/mol. The fourth-order valence-electron chi connectivity index (χ4n) is 3.82. The van der Waals surface area contributed by atoms with Gasteiger partial charge in [-0.15, -0.1) is 0 Å². The molecule has 0 radical (unpaired) electrons. The molecule has 0 saturated carbocycles. The van der Waals surface area contributed by atoms with Crippen LogP contribution in [0, 0.1) is 5.92 Å². The summed E-state index contributed by atoms with van der Waals surface area (Å²) in [6, 6.07) is 8.05. The summed E-state index contributed by atoms with van der Waals surface area (Å²) in [6.45, 7) is 4.58. The van der Waals surface area contributed by atoms with Crippen LogP contribution in [-0.2, 0) is 11.3 Å². The van der Waals surface area contributed by atoms with Crippen LogP contribution in [0.15, 0.2) is 24.3 Å². The highest BCUT2D eigenvalue weighted by molar-refractivity contribution is 5.94.